The molecule has 7 heteroatoms. The van der Waals surface area contributed by atoms with Gasteiger partial charge in [-0.15, -0.1) is 0 Å². The van der Waals surface area contributed by atoms with E-state index in [0.29, 0.717) is 30.8 Å². The van der Waals surface area contributed by atoms with Crippen LogP contribution in [0.3, 0.4) is 0 Å². The van der Waals surface area contributed by atoms with E-state index in [4.69, 9.17) is 4.52 Å². The Hall–Kier alpha value is -2.44. The fourth-order valence-electron chi connectivity index (χ4n) is 1.67. The van der Waals surface area contributed by atoms with Crippen molar-refractivity contribution in [3.05, 3.63) is 47.4 Å². The van der Waals surface area contributed by atoms with E-state index in [1.54, 1.807) is 19.1 Å². The highest BCUT2D eigenvalue weighted by atomic mass is 19.1. The zero-order valence-electron chi connectivity index (χ0n) is 12.1. The number of benzene rings is 1. The molecule has 2 rings (SSSR count). The maximum Gasteiger partial charge on any atom is 0.246 e. The van der Waals surface area contributed by atoms with Gasteiger partial charge in [-0.05, 0) is 31.5 Å². The number of aryl methyl sites for hydroxylation is 1. The predicted octanol–water partition coefficient (Wildman–Crippen LogP) is 1.77. The molecule has 0 fully saturated rings. The molecule has 0 saturated heterocycles. The zero-order chi connectivity index (χ0) is 15.1. The number of guanidine groups is 1. The van der Waals surface area contributed by atoms with E-state index in [9.17, 15) is 4.39 Å². The van der Waals surface area contributed by atoms with Gasteiger partial charge in [-0.1, -0.05) is 17.3 Å². The molecule has 0 aliphatic carbocycles. The van der Waals surface area contributed by atoms with Gasteiger partial charge in [0.15, 0.2) is 11.8 Å². The van der Waals surface area contributed by atoms with Crippen molar-refractivity contribution in [1.29, 1.82) is 0 Å². The fraction of sp³-hybridized carbons (Fsp3) is 0.357. The SMILES string of the molecule is CCNC(=NCc1ccc(F)cc1)NCc1nc(C)no1. The molecule has 0 atom stereocenters. The molecule has 1 aromatic carbocycles. The summed E-state index contributed by atoms with van der Waals surface area (Å²) in [4.78, 5) is 8.52. The third-order valence-electron chi connectivity index (χ3n) is 2.65. The molecule has 0 amide bonds. The predicted molar refractivity (Wildman–Crippen MR) is 77.1 cm³/mol. The van der Waals surface area contributed by atoms with Crippen LogP contribution in [-0.2, 0) is 13.1 Å². The lowest BCUT2D eigenvalue weighted by atomic mass is 10.2. The number of nitrogens with one attached hydrogen (secondary N) is 2. The molecule has 1 aromatic heterocycles. The summed E-state index contributed by atoms with van der Waals surface area (Å²) in [5, 5.41) is 9.94. The minimum absolute atomic E-state index is 0.250. The number of hydrogen-bond donors (Lipinski definition) is 2. The van der Waals surface area contributed by atoms with Gasteiger partial charge in [-0.2, -0.15) is 4.98 Å². The van der Waals surface area contributed by atoms with Gasteiger partial charge in [0, 0.05) is 6.54 Å². The number of aliphatic imine (C=N–C) groups is 1. The quantitative estimate of drug-likeness (QED) is 0.648. The summed E-state index contributed by atoms with van der Waals surface area (Å²) in [6.45, 7) is 5.33. The Bertz CT molecular complexity index is 594. The summed E-state index contributed by atoms with van der Waals surface area (Å²) in [6.07, 6.45) is 0. The van der Waals surface area contributed by atoms with Gasteiger partial charge < -0.3 is 15.2 Å². The van der Waals surface area contributed by atoms with Gasteiger partial charge in [0.1, 0.15) is 5.82 Å². The van der Waals surface area contributed by atoms with E-state index in [1.807, 2.05) is 6.92 Å². The fourth-order valence-corrected chi connectivity index (χ4v) is 1.67. The van der Waals surface area contributed by atoms with Crippen molar-refractivity contribution in [2.75, 3.05) is 6.54 Å². The van der Waals surface area contributed by atoms with Crippen LogP contribution in [0.5, 0.6) is 0 Å². The molecule has 6 nitrogen and oxygen atoms in total. The molecule has 112 valence electrons. The second kappa shape index (κ2) is 7.37. The number of nitrogens with zero attached hydrogens (tertiary/aromatic N) is 3. The zero-order valence-corrected chi connectivity index (χ0v) is 12.1. The van der Waals surface area contributed by atoms with Crippen LogP contribution < -0.4 is 10.6 Å². The normalized spacial score (nSPS) is 11.5. The molecular formula is C14H18FN5O. The molecular weight excluding hydrogens is 273 g/mol. The first-order valence-electron chi connectivity index (χ1n) is 6.73. The average molecular weight is 291 g/mol. The third-order valence-corrected chi connectivity index (χ3v) is 2.65. The monoisotopic (exact) mass is 291 g/mol. The maximum atomic E-state index is 12.8. The lowest BCUT2D eigenvalue weighted by Gasteiger charge is -2.09. The van der Waals surface area contributed by atoms with Crippen LogP contribution in [0.2, 0.25) is 0 Å². The van der Waals surface area contributed by atoms with Gasteiger partial charge in [0.05, 0.1) is 13.1 Å². The summed E-state index contributed by atoms with van der Waals surface area (Å²) in [5.41, 5.74) is 0.933. The highest BCUT2D eigenvalue weighted by Gasteiger charge is 2.04. The molecule has 0 radical (unpaired) electrons. The first-order valence-corrected chi connectivity index (χ1v) is 6.73. The van der Waals surface area contributed by atoms with Crippen LogP contribution in [0.1, 0.15) is 24.2 Å². The van der Waals surface area contributed by atoms with Crippen LogP contribution in [0.4, 0.5) is 4.39 Å². The van der Waals surface area contributed by atoms with Crippen LogP contribution >= 0.6 is 0 Å². The van der Waals surface area contributed by atoms with Gasteiger partial charge in [0.2, 0.25) is 5.89 Å². The second-order valence-corrected chi connectivity index (χ2v) is 4.41. The number of rotatable bonds is 5. The Morgan fingerprint density at radius 1 is 1.29 bits per heavy atom. The molecule has 0 bridgehead atoms. The molecule has 2 N–H and O–H groups in total. The van der Waals surface area contributed by atoms with E-state index in [-0.39, 0.29) is 5.82 Å². The summed E-state index contributed by atoms with van der Waals surface area (Å²) >= 11 is 0. The molecule has 0 aliphatic rings. The van der Waals surface area contributed by atoms with Gasteiger partial charge in [-0.25, -0.2) is 9.38 Å². The lowest BCUT2D eigenvalue weighted by Crippen LogP contribution is -2.36. The molecule has 0 unspecified atom stereocenters. The van der Waals surface area contributed by atoms with E-state index in [0.717, 1.165) is 12.1 Å². The average Bonchev–Trinajstić information content (AvgIpc) is 2.89. The van der Waals surface area contributed by atoms with Gasteiger partial charge in [-0.3, -0.25) is 0 Å². The van der Waals surface area contributed by atoms with Crippen molar-refractivity contribution in [1.82, 2.24) is 20.8 Å². The Morgan fingerprint density at radius 2 is 2.05 bits per heavy atom. The van der Waals surface area contributed by atoms with Crippen LogP contribution in [0.15, 0.2) is 33.8 Å². The van der Waals surface area contributed by atoms with Crippen molar-refractivity contribution in [2.24, 2.45) is 4.99 Å². The van der Waals surface area contributed by atoms with E-state index in [2.05, 4.69) is 25.8 Å². The maximum absolute atomic E-state index is 12.8. The summed E-state index contributed by atoms with van der Waals surface area (Å²) < 4.78 is 17.9. The first kappa shape index (κ1) is 15.0. The standard InChI is InChI=1S/C14H18FN5O/c1-3-16-14(18-9-13-19-10(2)20-21-13)17-8-11-4-6-12(15)7-5-11/h4-7H,3,8-9H2,1-2H3,(H2,16,17,18). The van der Waals surface area contributed by atoms with Crippen LogP contribution in [0, 0.1) is 12.7 Å². The van der Waals surface area contributed by atoms with Gasteiger partial charge >= 0.3 is 0 Å². The Balaban J connectivity index is 1.93. The minimum Gasteiger partial charge on any atom is -0.357 e. The van der Waals surface area contributed by atoms with E-state index >= 15 is 0 Å². The molecule has 1 heterocycles. The smallest absolute Gasteiger partial charge is 0.246 e. The number of halogens is 1. The van der Waals surface area contributed by atoms with Crippen molar-refractivity contribution in [3.8, 4) is 0 Å². The Morgan fingerprint density at radius 3 is 2.67 bits per heavy atom. The first-order chi connectivity index (χ1) is 10.2. The highest BCUT2D eigenvalue weighted by molar-refractivity contribution is 5.79. The molecule has 21 heavy (non-hydrogen) atoms. The van der Waals surface area contributed by atoms with Crippen LogP contribution in [-0.4, -0.2) is 22.6 Å². The summed E-state index contributed by atoms with van der Waals surface area (Å²) in [6, 6.07) is 6.27. The Labute approximate surface area is 122 Å². The second-order valence-electron chi connectivity index (χ2n) is 4.41. The minimum atomic E-state index is -0.250. The van der Waals surface area contributed by atoms with Crippen molar-refractivity contribution >= 4 is 5.96 Å². The molecule has 0 aliphatic heterocycles. The van der Waals surface area contributed by atoms with Crippen molar-refractivity contribution in [2.45, 2.75) is 26.9 Å². The summed E-state index contributed by atoms with van der Waals surface area (Å²) in [7, 11) is 0. The molecule has 2 aromatic rings. The van der Waals surface area contributed by atoms with E-state index < -0.39 is 0 Å². The topological polar surface area (TPSA) is 75.3 Å². The third kappa shape index (κ3) is 4.87. The Kier molecular flexibility index (Phi) is 5.25. The number of aromatic nitrogens is 2. The van der Waals surface area contributed by atoms with Crippen molar-refractivity contribution in [3.63, 3.8) is 0 Å². The summed E-state index contributed by atoms with van der Waals surface area (Å²) in [5.74, 6) is 1.48. The molecule has 0 spiro atoms. The molecule has 0 saturated carbocycles. The van der Waals surface area contributed by atoms with Crippen molar-refractivity contribution < 1.29 is 8.91 Å². The number of hydrogen-bond acceptors (Lipinski definition) is 4. The lowest BCUT2D eigenvalue weighted by molar-refractivity contribution is 0.371. The highest BCUT2D eigenvalue weighted by Crippen LogP contribution is 2.04. The largest absolute Gasteiger partial charge is 0.357 e. The van der Waals surface area contributed by atoms with Crippen LogP contribution in [0.25, 0.3) is 0 Å². The van der Waals surface area contributed by atoms with Gasteiger partial charge in [0.25, 0.3) is 0 Å². The van der Waals surface area contributed by atoms with E-state index in [1.165, 1.54) is 12.1 Å².